The van der Waals surface area contributed by atoms with Gasteiger partial charge in [-0.15, -0.1) is 0 Å². The molecule has 0 amide bonds. The van der Waals surface area contributed by atoms with Crippen molar-refractivity contribution in [2.75, 3.05) is 27.4 Å². The smallest absolute Gasteiger partial charge is 0.241 e. The molecule has 0 aliphatic carbocycles. The first-order valence-electron chi connectivity index (χ1n) is 8.14. The summed E-state index contributed by atoms with van der Waals surface area (Å²) in [6, 6.07) is 9.84. The summed E-state index contributed by atoms with van der Waals surface area (Å²) in [5, 5.41) is 0. The van der Waals surface area contributed by atoms with E-state index in [1.165, 1.54) is 19.2 Å². The van der Waals surface area contributed by atoms with Gasteiger partial charge in [-0.3, -0.25) is 0 Å². The Kier molecular flexibility index (Phi) is 5.53. The molecule has 7 nitrogen and oxygen atoms in total. The maximum absolute atomic E-state index is 12.6. The van der Waals surface area contributed by atoms with E-state index < -0.39 is 10.0 Å². The van der Waals surface area contributed by atoms with Crippen LogP contribution in [0.15, 0.2) is 41.3 Å². The maximum Gasteiger partial charge on any atom is 0.241 e. The molecule has 3 rings (SSSR count). The van der Waals surface area contributed by atoms with Gasteiger partial charge in [0, 0.05) is 19.0 Å². The average Bonchev–Trinajstić information content (AvgIpc) is 2.91. The minimum atomic E-state index is -3.70. The van der Waals surface area contributed by atoms with Crippen molar-refractivity contribution in [3.05, 3.63) is 42.0 Å². The second-order valence-electron chi connectivity index (χ2n) is 5.67. The Morgan fingerprint density at radius 2 is 1.69 bits per heavy atom. The van der Waals surface area contributed by atoms with E-state index in [9.17, 15) is 8.42 Å². The monoisotopic (exact) mass is 379 g/mol. The van der Waals surface area contributed by atoms with Crippen LogP contribution in [0.4, 0.5) is 0 Å². The first kappa shape index (κ1) is 18.3. The lowest BCUT2D eigenvalue weighted by molar-refractivity contribution is 0.297. The fourth-order valence-corrected chi connectivity index (χ4v) is 3.60. The molecule has 0 radical (unpaired) electrons. The van der Waals surface area contributed by atoms with Gasteiger partial charge in [-0.05, 0) is 29.8 Å². The van der Waals surface area contributed by atoms with Gasteiger partial charge in [-0.25, -0.2) is 13.1 Å². The summed E-state index contributed by atoms with van der Waals surface area (Å²) in [6.07, 6.45) is 0.758. The van der Waals surface area contributed by atoms with Gasteiger partial charge in [-0.2, -0.15) is 0 Å². The molecule has 140 valence electrons. The van der Waals surface area contributed by atoms with Crippen molar-refractivity contribution in [1.82, 2.24) is 4.72 Å². The Balaban J connectivity index is 1.76. The molecule has 0 aromatic heterocycles. The van der Waals surface area contributed by atoms with Crippen molar-refractivity contribution >= 4 is 10.0 Å². The molecular weight excluding hydrogens is 358 g/mol. The van der Waals surface area contributed by atoms with Gasteiger partial charge in [0.2, 0.25) is 10.0 Å². The molecule has 0 saturated carbocycles. The highest BCUT2D eigenvalue weighted by Crippen LogP contribution is 2.32. The van der Waals surface area contributed by atoms with Crippen LogP contribution in [-0.2, 0) is 16.6 Å². The number of ether oxygens (including phenoxy) is 4. The molecule has 0 atom stereocenters. The third-order valence-electron chi connectivity index (χ3n) is 3.94. The van der Waals surface area contributed by atoms with Gasteiger partial charge < -0.3 is 18.9 Å². The van der Waals surface area contributed by atoms with Gasteiger partial charge in [0.1, 0.15) is 0 Å². The number of nitrogens with one attached hydrogen (secondary N) is 1. The van der Waals surface area contributed by atoms with Gasteiger partial charge >= 0.3 is 0 Å². The van der Waals surface area contributed by atoms with Crippen LogP contribution >= 0.6 is 0 Å². The van der Waals surface area contributed by atoms with Crippen LogP contribution in [0, 0.1) is 0 Å². The zero-order chi connectivity index (χ0) is 18.6. The van der Waals surface area contributed by atoms with Crippen molar-refractivity contribution in [3.8, 4) is 23.0 Å². The SMILES string of the molecule is COc1ccc(CNS(=O)(=O)c2ccc3c(c2)OCCCO3)cc1OC. The van der Waals surface area contributed by atoms with Crippen molar-refractivity contribution in [1.29, 1.82) is 0 Å². The molecule has 8 heteroatoms. The number of sulfonamides is 1. The highest BCUT2D eigenvalue weighted by Gasteiger charge is 2.19. The summed E-state index contributed by atoms with van der Waals surface area (Å²) in [6.45, 7) is 1.17. The predicted octanol–water partition coefficient (Wildman–Crippen LogP) is 2.34. The van der Waals surface area contributed by atoms with E-state index in [-0.39, 0.29) is 11.4 Å². The minimum Gasteiger partial charge on any atom is -0.493 e. The molecule has 0 bridgehead atoms. The van der Waals surface area contributed by atoms with Crippen molar-refractivity contribution in [2.24, 2.45) is 0 Å². The average molecular weight is 379 g/mol. The molecule has 1 heterocycles. The molecule has 0 unspecified atom stereocenters. The van der Waals surface area contributed by atoms with E-state index in [0.29, 0.717) is 36.2 Å². The zero-order valence-electron chi connectivity index (χ0n) is 14.7. The normalized spacial score (nSPS) is 13.8. The Morgan fingerprint density at radius 1 is 0.962 bits per heavy atom. The van der Waals surface area contributed by atoms with Gasteiger partial charge in [0.25, 0.3) is 0 Å². The Hall–Kier alpha value is -2.45. The highest BCUT2D eigenvalue weighted by atomic mass is 32.2. The third kappa shape index (κ3) is 4.03. The standard InChI is InChI=1S/C18H21NO6S/c1-22-15-6-4-13(10-17(15)23-2)12-19-26(20,21)14-5-7-16-18(11-14)25-9-3-8-24-16/h4-7,10-11,19H,3,8-9,12H2,1-2H3. The van der Waals surface area contributed by atoms with Crippen LogP contribution in [-0.4, -0.2) is 35.9 Å². The Morgan fingerprint density at radius 3 is 2.42 bits per heavy atom. The summed E-state index contributed by atoms with van der Waals surface area (Å²) >= 11 is 0. The maximum atomic E-state index is 12.6. The third-order valence-corrected chi connectivity index (χ3v) is 5.34. The summed E-state index contributed by atoms with van der Waals surface area (Å²) in [5.74, 6) is 2.12. The molecule has 1 N–H and O–H groups in total. The van der Waals surface area contributed by atoms with Crippen LogP contribution in [0.5, 0.6) is 23.0 Å². The summed E-state index contributed by atoms with van der Waals surface area (Å²) in [4.78, 5) is 0.127. The zero-order valence-corrected chi connectivity index (χ0v) is 15.5. The number of hydrogen-bond donors (Lipinski definition) is 1. The molecule has 1 aliphatic rings. The van der Waals surface area contributed by atoms with E-state index in [1.54, 1.807) is 31.4 Å². The highest BCUT2D eigenvalue weighted by molar-refractivity contribution is 7.89. The van der Waals surface area contributed by atoms with Crippen molar-refractivity contribution in [2.45, 2.75) is 17.9 Å². The van der Waals surface area contributed by atoms with E-state index in [2.05, 4.69) is 4.72 Å². The van der Waals surface area contributed by atoms with Crippen molar-refractivity contribution in [3.63, 3.8) is 0 Å². The topological polar surface area (TPSA) is 83.1 Å². The number of fused-ring (bicyclic) bond motifs is 1. The number of rotatable bonds is 6. The van der Waals surface area contributed by atoms with E-state index in [4.69, 9.17) is 18.9 Å². The summed E-state index contributed by atoms with van der Waals surface area (Å²) in [5.41, 5.74) is 0.751. The summed E-state index contributed by atoms with van der Waals surface area (Å²) < 4.78 is 49.3. The van der Waals surface area contributed by atoms with Crippen LogP contribution < -0.4 is 23.7 Å². The largest absolute Gasteiger partial charge is 0.493 e. The second-order valence-corrected chi connectivity index (χ2v) is 7.44. The van der Waals surface area contributed by atoms with Crippen LogP contribution in [0.2, 0.25) is 0 Å². The van der Waals surface area contributed by atoms with Crippen molar-refractivity contribution < 1.29 is 27.4 Å². The molecule has 26 heavy (non-hydrogen) atoms. The second kappa shape index (κ2) is 7.84. The van der Waals surface area contributed by atoms with Crippen LogP contribution in [0.1, 0.15) is 12.0 Å². The lowest BCUT2D eigenvalue weighted by atomic mass is 10.2. The van der Waals surface area contributed by atoms with E-state index >= 15 is 0 Å². The Labute approximate surface area is 152 Å². The minimum absolute atomic E-state index is 0.122. The van der Waals surface area contributed by atoms with E-state index in [0.717, 1.165) is 12.0 Å². The predicted molar refractivity (Wildman–Crippen MR) is 95.6 cm³/mol. The van der Waals surface area contributed by atoms with Gasteiger partial charge in [0.05, 0.1) is 32.3 Å². The van der Waals surface area contributed by atoms with Crippen LogP contribution in [0.25, 0.3) is 0 Å². The number of benzene rings is 2. The number of methoxy groups -OCH3 is 2. The van der Waals surface area contributed by atoms with Gasteiger partial charge in [0.15, 0.2) is 23.0 Å². The molecule has 0 saturated heterocycles. The fraction of sp³-hybridized carbons (Fsp3) is 0.333. The lowest BCUT2D eigenvalue weighted by Gasteiger charge is -2.12. The first-order chi connectivity index (χ1) is 12.5. The quantitative estimate of drug-likeness (QED) is 0.830. The number of hydrogen-bond acceptors (Lipinski definition) is 6. The molecule has 0 fully saturated rings. The fourth-order valence-electron chi connectivity index (χ4n) is 2.56. The molecule has 2 aromatic rings. The Bertz CT molecular complexity index is 881. The summed E-state index contributed by atoms with van der Waals surface area (Å²) in [7, 11) is -0.619. The molecular formula is C18H21NO6S. The molecule has 2 aromatic carbocycles. The van der Waals surface area contributed by atoms with Gasteiger partial charge in [-0.1, -0.05) is 6.07 Å². The van der Waals surface area contributed by atoms with Crippen LogP contribution in [0.3, 0.4) is 0 Å². The first-order valence-corrected chi connectivity index (χ1v) is 9.62. The molecule has 1 aliphatic heterocycles. The molecule has 0 spiro atoms. The van der Waals surface area contributed by atoms with E-state index in [1.807, 2.05) is 0 Å². The lowest BCUT2D eigenvalue weighted by Crippen LogP contribution is -2.23.